The Morgan fingerprint density at radius 1 is 1.14 bits per heavy atom. The van der Waals surface area contributed by atoms with E-state index in [0.29, 0.717) is 5.56 Å². The van der Waals surface area contributed by atoms with Gasteiger partial charge < -0.3 is 35.3 Å². The van der Waals surface area contributed by atoms with Gasteiger partial charge in [-0.05, 0) is 56.2 Å². The van der Waals surface area contributed by atoms with E-state index in [-0.39, 0.29) is 28.7 Å². The molecule has 4 bridgehead atoms. The summed E-state index contributed by atoms with van der Waals surface area (Å²) >= 11 is 6.41. The molecule has 0 spiro atoms. The predicted molar refractivity (Wildman–Crippen MR) is 148 cm³/mol. The molecule has 15 heteroatoms. The molecule has 2 aromatic carbocycles. The molecule has 0 saturated heterocycles. The Labute approximate surface area is 246 Å². The molecule has 4 rings (SSSR count). The van der Waals surface area contributed by atoms with E-state index in [4.69, 9.17) is 25.8 Å². The number of carbonyl (C=O) groups excluding carboxylic acids is 3. The monoisotopic (exact) mass is 603 g/mol. The zero-order valence-corrected chi connectivity index (χ0v) is 23.9. The van der Waals surface area contributed by atoms with Gasteiger partial charge in [-0.1, -0.05) is 17.7 Å². The molecule has 14 nitrogen and oxygen atoms in total. The quantitative estimate of drug-likeness (QED) is 0.290. The van der Waals surface area contributed by atoms with Crippen molar-refractivity contribution in [3.05, 3.63) is 62.7 Å². The van der Waals surface area contributed by atoms with Crippen molar-refractivity contribution in [1.29, 1.82) is 5.26 Å². The summed E-state index contributed by atoms with van der Waals surface area (Å²) in [5.41, 5.74) is -0.920. The Bertz CT molecular complexity index is 1410. The summed E-state index contributed by atoms with van der Waals surface area (Å²) in [4.78, 5) is 50.4. The van der Waals surface area contributed by atoms with E-state index in [1.165, 1.54) is 43.5 Å². The van der Waals surface area contributed by atoms with E-state index in [1.807, 2.05) is 6.07 Å². The van der Waals surface area contributed by atoms with Gasteiger partial charge in [0.05, 0.1) is 35.1 Å². The first-order valence-corrected chi connectivity index (χ1v) is 13.0. The molecule has 224 valence electrons. The zero-order chi connectivity index (χ0) is 31.2. The molecule has 0 unspecified atom stereocenters. The number of benzene rings is 2. The highest BCUT2D eigenvalue weighted by atomic mass is 35.5. The molecule has 4 atom stereocenters. The van der Waals surface area contributed by atoms with Crippen molar-refractivity contribution in [1.82, 2.24) is 16.0 Å². The number of alkyl carbamates (subject to hydrolysis) is 1. The highest BCUT2D eigenvalue weighted by Gasteiger charge is 2.35. The van der Waals surface area contributed by atoms with Gasteiger partial charge in [-0.3, -0.25) is 19.7 Å². The molecule has 0 aromatic heterocycles. The fourth-order valence-corrected chi connectivity index (χ4v) is 4.25. The summed E-state index contributed by atoms with van der Waals surface area (Å²) in [6.07, 6.45) is -3.22. The topological polar surface area (TPSA) is 202 Å². The molecule has 0 aliphatic carbocycles. The second-order valence-electron chi connectivity index (χ2n) is 10.3. The summed E-state index contributed by atoms with van der Waals surface area (Å²) in [5.74, 6) is -1.99. The van der Waals surface area contributed by atoms with Gasteiger partial charge in [-0.25, -0.2) is 4.79 Å². The Hall–Kier alpha value is -4.45. The van der Waals surface area contributed by atoms with Crippen molar-refractivity contribution >= 4 is 35.2 Å². The summed E-state index contributed by atoms with van der Waals surface area (Å²) < 4.78 is 16.2. The number of carbonyl (C=O) groups is 3. The normalized spacial score (nSPS) is 20.9. The van der Waals surface area contributed by atoms with Crippen LogP contribution in [0.4, 0.5) is 10.5 Å². The van der Waals surface area contributed by atoms with Crippen molar-refractivity contribution < 1.29 is 38.6 Å². The SMILES string of the molecule is COC[C@@H]1NC(=O)[C@H](CC#N)NC(=O)[C@H](NC(=O)OC(C)(C)C)[C@H](O)c2ccc(c(Cl)c2)Oc2cc1ccc2[N+](=O)[O-]. The van der Waals surface area contributed by atoms with Crippen LogP contribution in [0.3, 0.4) is 0 Å². The first-order valence-electron chi connectivity index (χ1n) is 12.6. The number of fused-ring (bicyclic) bond motifs is 9. The van der Waals surface area contributed by atoms with E-state index in [1.54, 1.807) is 20.8 Å². The molecule has 0 radical (unpaired) electrons. The van der Waals surface area contributed by atoms with E-state index in [2.05, 4.69) is 16.0 Å². The second-order valence-corrected chi connectivity index (χ2v) is 10.7. The molecule has 2 aliphatic rings. The number of aliphatic hydroxyl groups excluding tert-OH is 1. The number of amides is 3. The summed E-state index contributed by atoms with van der Waals surface area (Å²) in [6.45, 7) is 4.71. The maximum atomic E-state index is 13.4. The van der Waals surface area contributed by atoms with E-state index < -0.39 is 64.8 Å². The smallest absolute Gasteiger partial charge is 0.408 e. The number of nitrogens with zero attached hydrogens (tertiary/aromatic N) is 2. The van der Waals surface area contributed by atoms with Gasteiger partial charge in [0, 0.05) is 13.2 Å². The van der Waals surface area contributed by atoms with Crippen LogP contribution in [0.1, 0.15) is 50.5 Å². The van der Waals surface area contributed by atoms with E-state index >= 15 is 0 Å². The van der Waals surface area contributed by atoms with Gasteiger partial charge >= 0.3 is 11.8 Å². The number of halogens is 1. The number of hydrogen-bond donors (Lipinski definition) is 4. The lowest BCUT2D eigenvalue weighted by molar-refractivity contribution is -0.385. The maximum Gasteiger partial charge on any atom is 0.408 e. The Balaban J connectivity index is 2.16. The molecule has 0 saturated carbocycles. The fraction of sp³-hybridized carbons (Fsp3) is 0.407. The van der Waals surface area contributed by atoms with Crippen LogP contribution in [0.2, 0.25) is 5.02 Å². The Morgan fingerprint density at radius 2 is 1.81 bits per heavy atom. The molecule has 3 amide bonds. The molecule has 42 heavy (non-hydrogen) atoms. The summed E-state index contributed by atoms with van der Waals surface area (Å²) in [7, 11) is 1.37. The van der Waals surface area contributed by atoms with Crippen LogP contribution in [-0.2, 0) is 19.1 Å². The molecule has 2 aromatic rings. The minimum atomic E-state index is -1.72. The van der Waals surface area contributed by atoms with Crippen LogP contribution < -0.4 is 20.7 Å². The highest BCUT2D eigenvalue weighted by Crippen LogP contribution is 2.38. The van der Waals surface area contributed by atoms with Crippen molar-refractivity contribution in [2.45, 2.75) is 57.0 Å². The van der Waals surface area contributed by atoms with Crippen LogP contribution in [-0.4, -0.2) is 59.3 Å². The minimum Gasteiger partial charge on any atom is -0.449 e. The molecule has 2 heterocycles. The zero-order valence-electron chi connectivity index (χ0n) is 23.2. The number of nitro groups is 1. The highest BCUT2D eigenvalue weighted by molar-refractivity contribution is 6.32. The van der Waals surface area contributed by atoms with Crippen LogP contribution in [0.15, 0.2) is 36.4 Å². The van der Waals surface area contributed by atoms with Gasteiger partial charge in [0.15, 0.2) is 0 Å². The first-order chi connectivity index (χ1) is 19.7. The third-order valence-corrected chi connectivity index (χ3v) is 6.24. The molecule has 4 N–H and O–H groups in total. The fourth-order valence-electron chi connectivity index (χ4n) is 4.02. The first kappa shape index (κ1) is 32.1. The standard InChI is InChI=1S/C27H30ClN5O9/c1-27(2,3)42-26(37)32-22-23(34)15-6-8-20(16(28)11-15)41-21-12-14(5-7-19(21)33(38)39)18(13-40-4)31-24(35)17(9-10-29)30-25(22)36/h5-8,11-12,17-18,22-23,34H,9,13H2,1-4H3,(H,30,36)(H,31,35)(H,32,37)/t17-,18-,22+,23+/m0/s1. The van der Waals surface area contributed by atoms with Gasteiger partial charge in [-0.15, -0.1) is 0 Å². The van der Waals surface area contributed by atoms with Crippen molar-refractivity contribution in [2.24, 2.45) is 0 Å². The molecular formula is C27H30ClN5O9. The predicted octanol–water partition coefficient (Wildman–Crippen LogP) is 3.18. The molecule has 2 aliphatic heterocycles. The summed E-state index contributed by atoms with van der Waals surface area (Å²) in [5, 5.41) is 39.6. The largest absolute Gasteiger partial charge is 0.449 e. The number of nitro benzene ring substituents is 1. The van der Waals surface area contributed by atoms with Crippen molar-refractivity contribution in [3.63, 3.8) is 0 Å². The number of aliphatic hydroxyl groups is 1. The lowest BCUT2D eigenvalue weighted by atomic mass is 10.00. The minimum absolute atomic E-state index is 0.0116. The van der Waals surface area contributed by atoms with Crippen LogP contribution in [0.5, 0.6) is 11.5 Å². The van der Waals surface area contributed by atoms with Gasteiger partial charge in [0.25, 0.3) is 0 Å². The van der Waals surface area contributed by atoms with E-state index in [9.17, 15) is 34.9 Å². The van der Waals surface area contributed by atoms with Crippen LogP contribution in [0, 0.1) is 21.4 Å². The number of nitrogens with one attached hydrogen (secondary N) is 3. The third kappa shape index (κ3) is 8.06. The number of methoxy groups -OCH3 is 1. The maximum absolute atomic E-state index is 13.4. The number of hydrogen-bond acceptors (Lipinski definition) is 10. The summed E-state index contributed by atoms with van der Waals surface area (Å²) in [6, 6.07) is 5.67. The van der Waals surface area contributed by atoms with E-state index in [0.717, 1.165) is 0 Å². The average Bonchev–Trinajstić information content (AvgIpc) is 2.90. The Kier molecular flexibility index (Phi) is 10.3. The lowest BCUT2D eigenvalue weighted by Crippen LogP contribution is -2.56. The number of ether oxygens (including phenoxy) is 3. The van der Waals surface area contributed by atoms with Crippen molar-refractivity contribution in [2.75, 3.05) is 13.7 Å². The van der Waals surface area contributed by atoms with Crippen molar-refractivity contribution in [3.8, 4) is 17.6 Å². The van der Waals surface area contributed by atoms with Crippen LogP contribution in [0.25, 0.3) is 0 Å². The van der Waals surface area contributed by atoms with Gasteiger partial charge in [0.1, 0.15) is 29.5 Å². The average molecular weight is 604 g/mol. The van der Waals surface area contributed by atoms with Gasteiger partial charge in [-0.2, -0.15) is 5.26 Å². The Morgan fingerprint density at radius 3 is 2.40 bits per heavy atom. The van der Waals surface area contributed by atoms with Crippen LogP contribution >= 0.6 is 11.6 Å². The number of nitriles is 1. The second kappa shape index (κ2) is 13.5. The van der Waals surface area contributed by atoms with Gasteiger partial charge in [0.2, 0.25) is 17.6 Å². The third-order valence-electron chi connectivity index (χ3n) is 5.95. The lowest BCUT2D eigenvalue weighted by Gasteiger charge is -2.28. The number of rotatable bonds is 5. The molecular weight excluding hydrogens is 574 g/mol. The molecule has 0 fully saturated rings.